The van der Waals surface area contributed by atoms with Crippen molar-refractivity contribution in [1.29, 1.82) is 0 Å². The predicted octanol–water partition coefficient (Wildman–Crippen LogP) is 0.978. The zero-order valence-electron chi connectivity index (χ0n) is 9.69. The van der Waals surface area contributed by atoms with Gasteiger partial charge in [-0.3, -0.25) is 4.68 Å². The van der Waals surface area contributed by atoms with Crippen LogP contribution in [0.25, 0.3) is 0 Å². The average Bonchev–Trinajstić information content (AvgIpc) is 2.95. The molecule has 0 bridgehead atoms. The van der Waals surface area contributed by atoms with Crippen LogP contribution in [0.3, 0.4) is 0 Å². The molecule has 0 saturated carbocycles. The van der Waals surface area contributed by atoms with E-state index in [2.05, 4.69) is 10.4 Å². The Hall–Kier alpha value is -1.07. The Morgan fingerprint density at radius 2 is 2.62 bits per heavy atom. The summed E-state index contributed by atoms with van der Waals surface area (Å²) in [5, 5.41) is 7.72. The van der Waals surface area contributed by atoms with Crippen LogP contribution in [0.1, 0.15) is 6.42 Å². The lowest BCUT2D eigenvalue weighted by atomic mass is 10.1. The Morgan fingerprint density at radius 3 is 3.38 bits per heavy atom. The third-order valence-corrected chi connectivity index (χ3v) is 2.76. The molecular weight excluding hydrogens is 206 g/mol. The summed E-state index contributed by atoms with van der Waals surface area (Å²) in [7, 11) is 1.70. The normalized spacial score (nSPS) is 20.2. The molecular formula is C11H19N3O2. The van der Waals surface area contributed by atoms with Gasteiger partial charge in [0.1, 0.15) is 5.82 Å². The summed E-state index contributed by atoms with van der Waals surface area (Å²) in [4.78, 5) is 0. The number of ether oxygens (including phenoxy) is 2. The number of aromatic nitrogens is 2. The van der Waals surface area contributed by atoms with Crippen molar-refractivity contribution in [3.8, 4) is 0 Å². The van der Waals surface area contributed by atoms with Crippen molar-refractivity contribution in [1.82, 2.24) is 9.78 Å². The summed E-state index contributed by atoms with van der Waals surface area (Å²) >= 11 is 0. The fourth-order valence-electron chi connectivity index (χ4n) is 1.76. The third kappa shape index (κ3) is 3.21. The Kier molecular flexibility index (Phi) is 4.18. The van der Waals surface area contributed by atoms with Crippen molar-refractivity contribution in [2.24, 2.45) is 5.92 Å². The first-order valence-corrected chi connectivity index (χ1v) is 5.72. The van der Waals surface area contributed by atoms with E-state index < -0.39 is 0 Å². The van der Waals surface area contributed by atoms with Crippen molar-refractivity contribution in [3.63, 3.8) is 0 Å². The Morgan fingerprint density at radius 1 is 1.69 bits per heavy atom. The number of hydrogen-bond donors (Lipinski definition) is 1. The van der Waals surface area contributed by atoms with Crippen molar-refractivity contribution >= 4 is 5.82 Å². The van der Waals surface area contributed by atoms with Gasteiger partial charge >= 0.3 is 0 Å². The molecule has 5 heteroatoms. The summed E-state index contributed by atoms with van der Waals surface area (Å²) in [5.41, 5.74) is 0. The lowest BCUT2D eigenvalue weighted by Gasteiger charge is -2.07. The molecule has 0 aliphatic carbocycles. The zero-order valence-corrected chi connectivity index (χ0v) is 9.69. The molecule has 1 aromatic rings. The van der Waals surface area contributed by atoms with Gasteiger partial charge in [-0.1, -0.05) is 0 Å². The van der Waals surface area contributed by atoms with Crippen LogP contribution >= 0.6 is 0 Å². The van der Waals surface area contributed by atoms with E-state index in [1.165, 1.54) is 0 Å². The average molecular weight is 225 g/mol. The quantitative estimate of drug-likeness (QED) is 0.784. The molecule has 1 aromatic heterocycles. The highest BCUT2D eigenvalue weighted by atomic mass is 16.5. The van der Waals surface area contributed by atoms with E-state index in [1.54, 1.807) is 7.11 Å². The van der Waals surface area contributed by atoms with Crippen LogP contribution in [0.2, 0.25) is 0 Å². The van der Waals surface area contributed by atoms with Crippen LogP contribution in [0.4, 0.5) is 5.82 Å². The molecule has 1 saturated heterocycles. The van der Waals surface area contributed by atoms with Crippen molar-refractivity contribution < 1.29 is 9.47 Å². The zero-order chi connectivity index (χ0) is 11.2. The van der Waals surface area contributed by atoms with Crippen LogP contribution in [-0.2, 0) is 16.0 Å². The molecule has 1 aliphatic rings. The maximum Gasteiger partial charge on any atom is 0.147 e. The van der Waals surface area contributed by atoms with Crippen LogP contribution in [-0.4, -0.2) is 43.3 Å². The van der Waals surface area contributed by atoms with Gasteiger partial charge in [0, 0.05) is 38.4 Å². The first kappa shape index (κ1) is 11.4. The van der Waals surface area contributed by atoms with Gasteiger partial charge in [-0.05, 0) is 6.42 Å². The molecule has 90 valence electrons. The van der Waals surface area contributed by atoms with Crippen LogP contribution in [0, 0.1) is 5.92 Å². The first-order valence-electron chi connectivity index (χ1n) is 5.72. The molecule has 2 rings (SSSR count). The van der Waals surface area contributed by atoms with Gasteiger partial charge in [-0.25, -0.2) is 0 Å². The second-order valence-corrected chi connectivity index (χ2v) is 4.07. The molecule has 1 unspecified atom stereocenters. The highest BCUT2D eigenvalue weighted by Crippen LogP contribution is 2.13. The van der Waals surface area contributed by atoms with E-state index in [0.29, 0.717) is 12.5 Å². The maximum absolute atomic E-state index is 5.32. The number of nitrogens with one attached hydrogen (secondary N) is 1. The highest BCUT2D eigenvalue weighted by molar-refractivity contribution is 5.32. The van der Waals surface area contributed by atoms with E-state index in [9.17, 15) is 0 Å². The highest BCUT2D eigenvalue weighted by Gasteiger charge is 2.15. The second kappa shape index (κ2) is 5.86. The van der Waals surface area contributed by atoms with Gasteiger partial charge in [0.15, 0.2) is 0 Å². The summed E-state index contributed by atoms with van der Waals surface area (Å²) in [5.74, 6) is 1.56. The van der Waals surface area contributed by atoms with Gasteiger partial charge in [0.2, 0.25) is 0 Å². The van der Waals surface area contributed by atoms with Crippen molar-refractivity contribution in [2.45, 2.75) is 13.0 Å². The first-order chi connectivity index (χ1) is 7.88. The number of nitrogens with zero attached hydrogens (tertiary/aromatic N) is 2. The number of anilines is 1. The summed E-state index contributed by atoms with van der Waals surface area (Å²) < 4.78 is 12.2. The molecule has 2 heterocycles. The molecule has 16 heavy (non-hydrogen) atoms. The summed E-state index contributed by atoms with van der Waals surface area (Å²) in [6.45, 7) is 4.20. The van der Waals surface area contributed by atoms with Crippen molar-refractivity contribution in [2.75, 3.05) is 38.8 Å². The molecule has 1 aliphatic heterocycles. The third-order valence-electron chi connectivity index (χ3n) is 2.76. The minimum atomic E-state index is 0.629. The molecule has 1 N–H and O–H groups in total. The Bertz CT molecular complexity index is 308. The lowest BCUT2D eigenvalue weighted by Crippen LogP contribution is -2.14. The fourth-order valence-corrected chi connectivity index (χ4v) is 1.76. The molecule has 1 atom stereocenters. The summed E-state index contributed by atoms with van der Waals surface area (Å²) in [6.07, 6.45) is 3.11. The van der Waals surface area contributed by atoms with E-state index in [1.807, 2.05) is 16.9 Å². The maximum atomic E-state index is 5.32. The SMILES string of the molecule is COCCn1ccc(NCC2CCOC2)n1. The van der Waals surface area contributed by atoms with E-state index in [-0.39, 0.29) is 0 Å². The topological polar surface area (TPSA) is 48.3 Å². The second-order valence-electron chi connectivity index (χ2n) is 4.07. The predicted molar refractivity (Wildman–Crippen MR) is 61.5 cm³/mol. The molecule has 1 fully saturated rings. The molecule has 0 spiro atoms. The van der Waals surface area contributed by atoms with E-state index in [0.717, 1.165) is 38.5 Å². The molecule has 0 radical (unpaired) electrons. The van der Waals surface area contributed by atoms with Crippen LogP contribution in [0.15, 0.2) is 12.3 Å². The van der Waals surface area contributed by atoms with E-state index in [4.69, 9.17) is 9.47 Å². The molecule has 0 amide bonds. The largest absolute Gasteiger partial charge is 0.383 e. The standard InChI is InChI=1S/C11H19N3O2/c1-15-7-5-14-4-2-11(13-14)12-8-10-3-6-16-9-10/h2,4,10H,3,5-9H2,1H3,(H,12,13). The summed E-state index contributed by atoms with van der Waals surface area (Å²) in [6, 6.07) is 1.99. The Labute approximate surface area is 95.7 Å². The minimum Gasteiger partial charge on any atom is -0.383 e. The molecule has 0 aromatic carbocycles. The van der Waals surface area contributed by atoms with Gasteiger partial charge < -0.3 is 14.8 Å². The number of hydrogen-bond acceptors (Lipinski definition) is 4. The van der Waals surface area contributed by atoms with Crippen molar-refractivity contribution in [3.05, 3.63) is 12.3 Å². The van der Waals surface area contributed by atoms with Crippen LogP contribution < -0.4 is 5.32 Å². The number of rotatable bonds is 6. The molecule has 5 nitrogen and oxygen atoms in total. The van der Waals surface area contributed by atoms with Crippen LogP contribution in [0.5, 0.6) is 0 Å². The Balaban J connectivity index is 1.73. The van der Waals surface area contributed by atoms with Gasteiger partial charge in [0.05, 0.1) is 19.8 Å². The minimum absolute atomic E-state index is 0.629. The number of methoxy groups -OCH3 is 1. The monoisotopic (exact) mass is 225 g/mol. The fraction of sp³-hybridized carbons (Fsp3) is 0.727. The van der Waals surface area contributed by atoms with E-state index >= 15 is 0 Å². The van der Waals surface area contributed by atoms with Gasteiger partial charge in [-0.15, -0.1) is 0 Å². The smallest absolute Gasteiger partial charge is 0.147 e. The van der Waals surface area contributed by atoms with Gasteiger partial charge in [0.25, 0.3) is 0 Å². The lowest BCUT2D eigenvalue weighted by molar-refractivity contribution is 0.183. The van der Waals surface area contributed by atoms with Gasteiger partial charge in [-0.2, -0.15) is 5.10 Å².